The van der Waals surface area contributed by atoms with Crippen LogP contribution in [0, 0.1) is 5.92 Å². The highest BCUT2D eigenvalue weighted by Gasteiger charge is 2.36. The van der Waals surface area contributed by atoms with Crippen molar-refractivity contribution in [2.75, 3.05) is 19.7 Å². The molecule has 22 heavy (non-hydrogen) atoms. The lowest BCUT2D eigenvalue weighted by Gasteiger charge is -2.37. The van der Waals surface area contributed by atoms with Crippen molar-refractivity contribution >= 4 is 5.91 Å². The molecule has 0 radical (unpaired) electrons. The van der Waals surface area contributed by atoms with Gasteiger partial charge in [-0.1, -0.05) is 0 Å². The molecule has 0 bridgehead atoms. The van der Waals surface area contributed by atoms with E-state index in [1.165, 1.54) is 0 Å². The summed E-state index contributed by atoms with van der Waals surface area (Å²) in [4.78, 5) is 17.6. The van der Waals surface area contributed by atoms with Crippen LogP contribution in [-0.4, -0.2) is 51.7 Å². The lowest BCUT2D eigenvalue weighted by molar-refractivity contribution is -0.131. The molecule has 7 heteroatoms. The zero-order valence-electron chi connectivity index (χ0n) is 12.9. The van der Waals surface area contributed by atoms with E-state index < -0.39 is 0 Å². The maximum absolute atomic E-state index is 12.2. The summed E-state index contributed by atoms with van der Waals surface area (Å²) in [5.74, 6) is 0.303. The van der Waals surface area contributed by atoms with E-state index >= 15 is 0 Å². The second kappa shape index (κ2) is 6.76. The summed E-state index contributed by atoms with van der Waals surface area (Å²) in [5.41, 5.74) is 1.00. The molecular weight excluding hydrogens is 284 g/mol. The van der Waals surface area contributed by atoms with Gasteiger partial charge in [0.15, 0.2) is 0 Å². The molecule has 0 spiro atoms. The fraction of sp³-hybridized carbons (Fsp3) is 0.733. The van der Waals surface area contributed by atoms with Crippen molar-refractivity contribution in [3.05, 3.63) is 18.0 Å². The Morgan fingerprint density at radius 2 is 2.41 bits per heavy atom. The average molecular weight is 308 g/mol. The molecule has 1 aromatic rings. The van der Waals surface area contributed by atoms with Gasteiger partial charge in [0, 0.05) is 38.3 Å². The van der Waals surface area contributed by atoms with Crippen LogP contribution in [0.5, 0.6) is 0 Å². The summed E-state index contributed by atoms with van der Waals surface area (Å²) >= 11 is 0. The summed E-state index contributed by atoms with van der Waals surface area (Å²) in [6.45, 7) is 2.27. The SMILES string of the molecule is Cn1cc([C@H](NC(=O)CCN2CCCO2)C2CC(O)C2)cn1. The molecule has 0 unspecified atom stereocenters. The summed E-state index contributed by atoms with van der Waals surface area (Å²) < 4.78 is 1.74. The Morgan fingerprint density at radius 3 is 3.00 bits per heavy atom. The molecule has 1 aliphatic heterocycles. The predicted octanol–water partition coefficient (Wildman–Crippen LogP) is 0.376. The first-order valence-corrected chi connectivity index (χ1v) is 7.95. The molecule has 0 aromatic carbocycles. The largest absolute Gasteiger partial charge is 0.393 e. The maximum Gasteiger partial charge on any atom is 0.221 e. The molecule has 1 atom stereocenters. The van der Waals surface area contributed by atoms with Crippen LogP contribution >= 0.6 is 0 Å². The van der Waals surface area contributed by atoms with Crippen LogP contribution in [0.15, 0.2) is 12.4 Å². The van der Waals surface area contributed by atoms with Crippen LogP contribution < -0.4 is 5.32 Å². The van der Waals surface area contributed by atoms with Crippen molar-refractivity contribution in [3.63, 3.8) is 0 Å². The highest BCUT2D eigenvalue weighted by molar-refractivity contribution is 5.76. The number of hydrogen-bond donors (Lipinski definition) is 2. The summed E-state index contributed by atoms with van der Waals surface area (Å²) in [7, 11) is 1.86. The van der Waals surface area contributed by atoms with Crippen molar-refractivity contribution in [3.8, 4) is 0 Å². The third kappa shape index (κ3) is 3.66. The van der Waals surface area contributed by atoms with Crippen molar-refractivity contribution in [1.82, 2.24) is 20.2 Å². The van der Waals surface area contributed by atoms with Crippen molar-refractivity contribution in [1.29, 1.82) is 0 Å². The Hall–Kier alpha value is -1.44. The first kappa shape index (κ1) is 15.5. The molecule has 1 aliphatic carbocycles. The van der Waals surface area contributed by atoms with Gasteiger partial charge in [-0.2, -0.15) is 10.2 Å². The van der Waals surface area contributed by atoms with Gasteiger partial charge >= 0.3 is 0 Å². The molecule has 1 saturated heterocycles. The number of hydroxylamine groups is 2. The van der Waals surface area contributed by atoms with E-state index in [-0.39, 0.29) is 24.0 Å². The average Bonchev–Trinajstić information content (AvgIpc) is 3.11. The number of nitrogens with one attached hydrogen (secondary N) is 1. The van der Waals surface area contributed by atoms with Crippen LogP contribution in [0.3, 0.4) is 0 Å². The zero-order valence-corrected chi connectivity index (χ0v) is 12.9. The third-order valence-electron chi connectivity index (χ3n) is 4.44. The van der Waals surface area contributed by atoms with Gasteiger partial charge in [-0.3, -0.25) is 14.3 Å². The third-order valence-corrected chi connectivity index (χ3v) is 4.44. The molecule has 7 nitrogen and oxygen atoms in total. The van der Waals surface area contributed by atoms with Gasteiger partial charge < -0.3 is 10.4 Å². The van der Waals surface area contributed by atoms with Gasteiger partial charge in [0.2, 0.25) is 5.91 Å². The number of nitrogens with zero attached hydrogens (tertiary/aromatic N) is 3. The molecule has 1 saturated carbocycles. The van der Waals surface area contributed by atoms with Crippen LogP contribution in [0.1, 0.15) is 37.3 Å². The van der Waals surface area contributed by atoms with E-state index in [2.05, 4.69) is 10.4 Å². The first-order chi connectivity index (χ1) is 10.6. The van der Waals surface area contributed by atoms with E-state index in [9.17, 15) is 9.90 Å². The fourth-order valence-corrected chi connectivity index (χ4v) is 3.12. The monoisotopic (exact) mass is 308 g/mol. The summed E-state index contributed by atoms with van der Waals surface area (Å²) in [6, 6.07) is -0.0657. The van der Waals surface area contributed by atoms with E-state index in [0.29, 0.717) is 13.0 Å². The Kier molecular flexibility index (Phi) is 4.75. The fourth-order valence-electron chi connectivity index (χ4n) is 3.12. The highest BCUT2D eigenvalue weighted by Crippen LogP contribution is 2.37. The standard InChI is InChI=1S/C15H24N4O3/c1-18-10-12(9-16-18)15(11-7-13(20)8-11)17-14(21)3-5-19-4-2-6-22-19/h9-11,13,15,20H,2-8H2,1H3,(H,17,21)/t11?,13?,15-/m1/s1. The second-order valence-corrected chi connectivity index (χ2v) is 6.24. The lowest BCUT2D eigenvalue weighted by Crippen LogP contribution is -2.42. The van der Waals surface area contributed by atoms with Crippen LogP contribution in [-0.2, 0) is 16.7 Å². The normalized spacial score (nSPS) is 26.6. The molecule has 1 amide bonds. The Bertz CT molecular complexity index is 507. The maximum atomic E-state index is 12.2. The number of amides is 1. The Morgan fingerprint density at radius 1 is 1.59 bits per heavy atom. The second-order valence-electron chi connectivity index (χ2n) is 6.24. The lowest BCUT2D eigenvalue weighted by atomic mass is 9.75. The van der Waals surface area contributed by atoms with Crippen molar-refractivity contribution in [2.45, 2.75) is 37.8 Å². The van der Waals surface area contributed by atoms with E-state index in [0.717, 1.165) is 38.0 Å². The zero-order chi connectivity index (χ0) is 15.5. The van der Waals surface area contributed by atoms with E-state index in [1.807, 2.05) is 18.3 Å². The number of aryl methyl sites for hydroxylation is 1. The Labute approximate surface area is 130 Å². The number of carbonyl (C=O) groups excluding carboxylic acids is 1. The number of aliphatic hydroxyl groups is 1. The quantitative estimate of drug-likeness (QED) is 0.794. The van der Waals surface area contributed by atoms with Crippen LogP contribution in [0.25, 0.3) is 0 Å². The highest BCUT2D eigenvalue weighted by atomic mass is 16.7. The van der Waals surface area contributed by atoms with E-state index in [4.69, 9.17) is 4.84 Å². The molecule has 1 aromatic heterocycles. The molecule has 2 aliphatic rings. The van der Waals surface area contributed by atoms with Gasteiger partial charge in [0.25, 0.3) is 0 Å². The number of hydrogen-bond acceptors (Lipinski definition) is 5. The minimum absolute atomic E-state index is 0.0192. The number of aliphatic hydroxyl groups excluding tert-OH is 1. The van der Waals surface area contributed by atoms with Gasteiger partial charge in [-0.25, -0.2) is 0 Å². The van der Waals surface area contributed by atoms with Crippen LogP contribution in [0.2, 0.25) is 0 Å². The molecule has 2 N–H and O–H groups in total. The van der Waals surface area contributed by atoms with Gasteiger partial charge in [0.1, 0.15) is 0 Å². The van der Waals surface area contributed by atoms with Gasteiger partial charge in [-0.05, 0) is 25.2 Å². The van der Waals surface area contributed by atoms with Crippen LogP contribution in [0.4, 0.5) is 0 Å². The van der Waals surface area contributed by atoms with Gasteiger partial charge in [-0.15, -0.1) is 0 Å². The topological polar surface area (TPSA) is 79.6 Å². The number of rotatable bonds is 6. The molecule has 2 fully saturated rings. The number of carbonyl (C=O) groups is 1. The smallest absolute Gasteiger partial charge is 0.221 e. The first-order valence-electron chi connectivity index (χ1n) is 7.95. The predicted molar refractivity (Wildman–Crippen MR) is 79.6 cm³/mol. The van der Waals surface area contributed by atoms with Gasteiger partial charge in [0.05, 0.1) is 24.9 Å². The summed E-state index contributed by atoms with van der Waals surface area (Å²) in [5, 5.41) is 18.7. The molecule has 3 rings (SSSR count). The molecular formula is C15H24N4O3. The van der Waals surface area contributed by atoms with Crippen molar-refractivity contribution < 1.29 is 14.7 Å². The molecule has 122 valence electrons. The summed E-state index contributed by atoms with van der Waals surface area (Å²) in [6.07, 6.45) is 6.40. The minimum Gasteiger partial charge on any atom is -0.393 e. The number of aromatic nitrogens is 2. The Balaban J connectivity index is 1.56. The van der Waals surface area contributed by atoms with Crippen molar-refractivity contribution in [2.24, 2.45) is 13.0 Å². The van der Waals surface area contributed by atoms with E-state index in [1.54, 1.807) is 10.9 Å². The molecule has 2 heterocycles. The minimum atomic E-state index is -0.237.